The average Bonchev–Trinajstić information content (AvgIpc) is 2.78. The maximum absolute atomic E-state index is 12.6. The molecule has 3 N–H and O–H groups in total. The van der Waals surface area contributed by atoms with Gasteiger partial charge in [-0.25, -0.2) is 9.59 Å². The molecule has 8 nitrogen and oxygen atoms in total. The average molecular weight is 425 g/mol. The van der Waals surface area contributed by atoms with E-state index in [1.54, 1.807) is 37.3 Å². The smallest absolute Gasteiger partial charge is 0.329 e. The Labute approximate surface area is 181 Å². The maximum atomic E-state index is 12.6. The summed E-state index contributed by atoms with van der Waals surface area (Å²) in [4.78, 5) is 48.7. The highest BCUT2D eigenvalue weighted by atomic mass is 16.5. The molecule has 0 aromatic heterocycles. The third-order valence-corrected chi connectivity index (χ3v) is 4.50. The molecule has 0 fully saturated rings. The number of ether oxygens (including phenoxy) is 1. The molecule has 0 aliphatic heterocycles. The van der Waals surface area contributed by atoms with E-state index >= 15 is 0 Å². The molecule has 2 aromatic carbocycles. The van der Waals surface area contributed by atoms with Crippen LogP contribution >= 0.6 is 0 Å². The van der Waals surface area contributed by atoms with Crippen LogP contribution in [0.3, 0.4) is 0 Å². The van der Waals surface area contributed by atoms with Crippen molar-refractivity contribution in [2.75, 3.05) is 6.61 Å². The minimum Gasteiger partial charge on any atom is -0.454 e. The fourth-order valence-electron chi connectivity index (χ4n) is 2.64. The Morgan fingerprint density at radius 2 is 1.52 bits per heavy atom. The molecule has 8 heteroatoms. The molecule has 0 aliphatic rings. The van der Waals surface area contributed by atoms with Gasteiger partial charge in [-0.1, -0.05) is 55.5 Å². The van der Waals surface area contributed by atoms with Gasteiger partial charge < -0.3 is 15.4 Å². The van der Waals surface area contributed by atoms with Gasteiger partial charge in [-0.3, -0.25) is 14.9 Å². The largest absolute Gasteiger partial charge is 0.454 e. The van der Waals surface area contributed by atoms with E-state index in [-0.39, 0.29) is 12.5 Å². The van der Waals surface area contributed by atoms with E-state index in [4.69, 9.17) is 4.74 Å². The van der Waals surface area contributed by atoms with Crippen molar-refractivity contribution in [3.63, 3.8) is 0 Å². The minimum atomic E-state index is -1.00. The highest BCUT2D eigenvalue weighted by molar-refractivity contribution is 5.98. The molecule has 0 bridgehead atoms. The summed E-state index contributed by atoms with van der Waals surface area (Å²) in [5.41, 5.74) is 1.21. The zero-order valence-electron chi connectivity index (χ0n) is 17.6. The Hall–Kier alpha value is -3.68. The van der Waals surface area contributed by atoms with E-state index in [0.717, 1.165) is 5.56 Å². The van der Waals surface area contributed by atoms with Crippen LogP contribution in [0.5, 0.6) is 0 Å². The van der Waals surface area contributed by atoms with Crippen molar-refractivity contribution in [1.82, 2.24) is 16.0 Å². The zero-order valence-corrected chi connectivity index (χ0v) is 17.6. The lowest BCUT2D eigenvalue weighted by molar-refractivity contribution is -0.150. The van der Waals surface area contributed by atoms with E-state index < -0.39 is 36.5 Å². The number of carbonyl (C=O) groups excluding carboxylic acids is 4. The van der Waals surface area contributed by atoms with Gasteiger partial charge in [0.2, 0.25) is 0 Å². The number of carbonyl (C=O) groups is 4. The monoisotopic (exact) mass is 425 g/mol. The predicted octanol–water partition coefficient (Wildman–Crippen LogP) is 2.20. The number of nitrogens with one attached hydrogen (secondary N) is 3. The Morgan fingerprint density at radius 1 is 0.903 bits per heavy atom. The Morgan fingerprint density at radius 3 is 2.13 bits per heavy atom. The van der Waals surface area contributed by atoms with Crippen molar-refractivity contribution in [1.29, 1.82) is 0 Å². The minimum absolute atomic E-state index is 0.0983. The number of benzene rings is 2. The molecule has 31 heavy (non-hydrogen) atoms. The van der Waals surface area contributed by atoms with Crippen molar-refractivity contribution in [3.05, 3.63) is 71.8 Å². The molecule has 164 valence electrons. The van der Waals surface area contributed by atoms with Gasteiger partial charge in [-0.15, -0.1) is 0 Å². The van der Waals surface area contributed by atoms with Gasteiger partial charge in [-0.05, 0) is 31.0 Å². The van der Waals surface area contributed by atoms with E-state index in [9.17, 15) is 19.2 Å². The molecule has 4 amide bonds. The fourth-order valence-corrected chi connectivity index (χ4v) is 2.64. The molecular weight excluding hydrogens is 398 g/mol. The van der Waals surface area contributed by atoms with Gasteiger partial charge in [0.05, 0.1) is 0 Å². The Balaban J connectivity index is 1.98. The van der Waals surface area contributed by atoms with Crippen LogP contribution in [0.25, 0.3) is 0 Å². The quantitative estimate of drug-likeness (QED) is 0.533. The lowest BCUT2D eigenvalue weighted by atomic mass is 10.1. The van der Waals surface area contributed by atoms with Crippen molar-refractivity contribution in [3.8, 4) is 0 Å². The second kappa shape index (κ2) is 12.1. The van der Waals surface area contributed by atoms with Gasteiger partial charge in [0.1, 0.15) is 6.04 Å². The number of urea groups is 1. The van der Waals surface area contributed by atoms with Gasteiger partial charge in [0.15, 0.2) is 6.61 Å². The van der Waals surface area contributed by atoms with Gasteiger partial charge in [-0.2, -0.15) is 0 Å². The molecule has 0 aliphatic carbocycles. The van der Waals surface area contributed by atoms with Crippen molar-refractivity contribution >= 4 is 23.8 Å². The van der Waals surface area contributed by atoms with Crippen LogP contribution in [0.15, 0.2) is 60.7 Å². The molecule has 0 saturated carbocycles. The number of hydrogen-bond donors (Lipinski definition) is 3. The molecule has 0 radical (unpaired) electrons. The molecule has 0 saturated heterocycles. The number of esters is 1. The molecule has 2 rings (SSSR count). The first-order chi connectivity index (χ1) is 14.9. The molecule has 2 atom stereocenters. The maximum Gasteiger partial charge on any atom is 0.329 e. The van der Waals surface area contributed by atoms with Gasteiger partial charge >= 0.3 is 12.0 Å². The summed E-state index contributed by atoms with van der Waals surface area (Å²) < 4.78 is 5.06. The third kappa shape index (κ3) is 8.30. The first-order valence-corrected chi connectivity index (χ1v) is 10.1. The van der Waals surface area contributed by atoms with E-state index in [2.05, 4.69) is 16.0 Å². The van der Waals surface area contributed by atoms with Crippen LogP contribution in [-0.4, -0.2) is 42.5 Å². The number of imide groups is 1. The molecule has 2 aromatic rings. The summed E-state index contributed by atoms with van der Waals surface area (Å²) in [6.45, 7) is 3.05. The molecule has 0 unspecified atom stereocenters. The topological polar surface area (TPSA) is 114 Å². The van der Waals surface area contributed by atoms with Crippen LogP contribution in [0, 0.1) is 0 Å². The first-order valence-electron chi connectivity index (χ1n) is 10.1. The number of hydrogen-bond acceptors (Lipinski definition) is 5. The van der Waals surface area contributed by atoms with E-state index in [0.29, 0.717) is 12.0 Å². The number of rotatable bonds is 9. The highest BCUT2D eigenvalue weighted by Gasteiger charge is 2.24. The number of amides is 4. The molecule has 0 spiro atoms. The van der Waals surface area contributed by atoms with E-state index in [1.165, 1.54) is 0 Å². The summed E-state index contributed by atoms with van der Waals surface area (Å²) in [7, 11) is 0. The van der Waals surface area contributed by atoms with Crippen LogP contribution in [0.4, 0.5) is 4.79 Å². The van der Waals surface area contributed by atoms with E-state index in [1.807, 2.05) is 37.3 Å². The summed E-state index contributed by atoms with van der Waals surface area (Å²) in [6.07, 6.45) is 0.896. The summed E-state index contributed by atoms with van der Waals surface area (Å²) >= 11 is 0. The Kier molecular flexibility index (Phi) is 9.22. The lowest BCUT2D eigenvalue weighted by Gasteiger charge is -2.18. The highest BCUT2D eigenvalue weighted by Crippen LogP contribution is 2.07. The van der Waals surface area contributed by atoms with Crippen molar-refractivity contribution < 1.29 is 23.9 Å². The van der Waals surface area contributed by atoms with Crippen LogP contribution in [-0.2, 0) is 20.7 Å². The third-order valence-electron chi connectivity index (χ3n) is 4.50. The van der Waals surface area contributed by atoms with Gasteiger partial charge in [0.25, 0.3) is 11.8 Å². The second-order valence-corrected chi connectivity index (χ2v) is 7.02. The van der Waals surface area contributed by atoms with Crippen LogP contribution < -0.4 is 16.0 Å². The zero-order chi connectivity index (χ0) is 22.6. The van der Waals surface area contributed by atoms with Gasteiger partial charge in [0, 0.05) is 18.0 Å². The predicted molar refractivity (Wildman–Crippen MR) is 115 cm³/mol. The lowest BCUT2D eigenvalue weighted by Crippen LogP contribution is -2.46. The molecule has 0 heterocycles. The summed E-state index contributed by atoms with van der Waals surface area (Å²) in [5.74, 6) is -1.97. The SMILES string of the molecule is CC[C@H](C)NC(=O)NC(=O)COC(=O)[C@H](Cc1ccccc1)NC(=O)c1ccccc1. The molecular formula is C23H27N3O5. The van der Waals surface area contributed by atoms with Crippen molar-refractivity contribution in [2.24, 2.45) is 0 Å². The normalized spacial score (nSPS) is 12.2. The first kappa shape index (κ1) is 23.6. The Bertz CT molecular complexity index is 887. The standard InChI is InChI=1S/C23H27N3O5/c1-3-16(2)24-23(30)26-20(27)15-31-22(29)19(14-17-10-6-4-7-11-17)25-21(28)18-12-8-5-9-13-18/h4-13,16,19H,3,14-15H2,1-2H3,(H,25,28)(H2,24,26,27,30)/t16-,19-/m0/s1. The summed E-state index contributed by atoms with van der Waals surface area (Å²) in [6, 6.07) is 15.8. The second-order valence-electron chi connectivity index (χ2n) is 7.02. The fraction of sp³-hybridized carbons (Fsp3) is 0.304. The van der Waals surface area contributed by atoms with Crippen LogP contribution in [0.2, 0.25) is 0 Å². The van der Waals surface area contributed by atoms with Crippen LogP contribution in [0.1, 0.15) is 36.2 Å². The van der Waals surface area contributed by atoms with Crippen molar-refractivity contribution in [2.45, 2.75) is 38.8 Å². The summed E-state index contributed by atoms with van der Waals surface area (Å²) in [5, 5.41) is 7.34.